The van der Waals surface area contributed by atoms with E-state index < -0.39 is 0 Å². The summed E-state index contributed by atoms with van der Waals surface area (Å²) >= 11 is 0. The molecule has 0 bridgehead atoms. The van der Waals surface area contributed by atoms with Crippen LogP contribution in [0.15, 0.2) is 54.9 Å². The maximum Gasteiger partial charge on any atom is 0.211 e. The summed E-state index contributed by atoms with van der Waals surface area (Å²) in [7, 11) is 0. The molecule has 0 atom stereocenters. The molecule has 1 aromatic heterocycles. The lowest BCUT2D eigenvalue weighted by molar-refractivity contribution is -0.105. The molecule has 3 aromatic rings. The number of hydrogen-bond donors (Lipinski definition) is 2. The molecule has 116 valence electrons. The molecule has 2 aromatic carbocycles. The van der Waals surface area contributed by atoms with Crippen LogP contribution in [0.5, 0.6) is 0 Å². The molecular formula is C18H18N4O. The Morgan fingerprint density at radius 1 is 1.04 bits per heavy atom. The number of carbonyl (C=O) groups excluding carboxylic acids is 1. The highest BCUT2D eigenvalue weighted by Crippen LogP contribution is 2.25. The summed E-state index contributed by atoms with van der Waals surface area (Å²) in [5.74, 6) is 0. The van der Waals surface area contributed by atoms with Crippen LogP contribution in [0.1, 0.15) is 11.3 Å². The van der Waals surface area contributed by atoms with Crippen molar-refractivity contribution in [1.29, 1.82) is 0 Å². The molecule has 0 saturated carbocycles. The highest BCUT2D eigenvalue weighted by atomic mass is 16.1. The number of carbonyl (C=O) groups is 1. The number of nitrogens with one attached hydrogen (secondary N) is 2. The Labute approximate surface area is 135 Å². The van der Waals surface area contributed by atoms with Crippen LogP contribution in [0.4, 0.5) is 11.4 Å². The van der Waals surface area contributed by atoms with Crippen LogP contribution >= 0.6 is 0 Å². The Kier molecular flexibility index (Phi) is 4.10. The zero-order valence-electron chi connectivity index (χ0n) is 13.1. The number of aromatic nitrogens is 2. The second-order valence-corrected chi connectivity index (χ2v) is 5.37. The molecule has 0 fully saturated rings. The van der Waals surface area contributed by atoms with E-state index in [4.69, 9.17) is 0 Å². The van der Waals surface area contributed by atoms with Gasteiger partial charge in [0, 0.05) is 11.3 Å². The monoisotopic (exact) mass is 306 g/mol. The van der Waals surface area contributed by atoms with Crippen molar-refractivity contribution >= 4 is 17.8 Å². The Hall–Kier alpha value is -3.08. The third kappa shape index (κ3) is 3.23. The summed E-state index contributed by atoms with van der Waals surface area (Å²) in [6, 6.07) is 15.8. The second kappa shape index (κ2) is 6.36. The summed E-state index contributed by atoms with van der Waals surface area (Å²) in [4.78, 5) is 15.0. The first-order valence-corrected chi connectivity index (χ1v) is 7.35. The molecule has 0 aliphatic heterocycles. The molecular weight excluding hydrogens is 288 g/mol. The lowest BCUT2D eigenvalue weighted by Crippen LogP contribution is -2.09. The minimum atomic E-state index is 0.675. The van der Waals surface area contributed by atoms with Crippen LogP contribution in [-0.2, 0) is 4.79 Å². The quantitative estimate of drug-likeness (QED) is 0.708. The van der Waals surface area contributed by atoms with Gasteiger partial charge in [-0.15, -0.1) is 0 Å². The van der Waals surface area contributed by atoms with Crippen LogP contribution in [0.3, 0.4) is 0 Å². The van der Waals surface area contributed by atoms with Gasteiger partial charge < -0.3 is 5.32 Å². The highest BCUT2D eigenvalue weighted by Gasteiger charge is 2.11. The van der Waals surface area contributed by atoms with Crippen molar-refractivity contribution in [2.24, 2.45) is 0 Å². The molecule has 5 heteroatoms. The average Bonchev–Trinajstić information content (AvgIpc) is 2.88. The molecule has 2 N–H and O–H groups in total. The number of imidazole rings is 1. The van der Waals surface area contributed by atoms with E-state index in [1.54, 1.807) is 6.33 Å². The Bertz CT molecular complexity index is 839. The number of aryl methyl sites for hydroxylation is 2. The van der Waals surface area contributed by atoms with Gasteiger partial charge in [0.25, 0.3) is 0 Å². The van der Waals surface area contributed by atoms with Crippen LogP contribution in [0.25, 0.3) is 11.3 Å². The Morgan fingerprint density at radius 2 is 1.83 bits per heavy atom. The minimum Gasteiger partial charge on any atom is -0.329 e. The molecule has 5 nitrogen and oxygen atoms in total. The van der Waals surface area contributed by atoms with Gasteiger partial charge in [-0.2, -0.15) is 0 Å². The van der Waals surface area contributed by atoms with Gasteiger partial charge in [0.2, 0.25) is 6.41 Å². The van der Waals surface area contributed by atoms with Crippen molar-refractivity contribution in [3.05, 3.63) is 66.1 Å². The van der Waals surface area contributed by atoms with Gasteiger partial charge in [0.15, 0.2) is 0 Å². The van der Waals surface area contributed by atoms with E-state index in [9.17, 15) is 4.79 Å². The molecule has 0 aliphatic rings. The minimum absolute atomic E-state index is 0.675. The third-order valence-corrected chi connectivity index (χ3v) is 3.58. The van der Waals surface area contributed by atoms with E-state index >= 15 is 0 Å². The van der Waals surface area contributed by atoms with Crippen molar-refractivity contribution in [1.82, 2.24) is 9.66 Å². The van der Waals surface area contributed by atoms with Crippen molar-refractivity contribution in [3.63, 3.8) is 0 Å². The predicted octanol–water partition coefficient (Wildman–Crippen LogP) is 3.61. The average molecular weight is 306 g/mol. The van der Waals surface area contributed by atoms with Crippen LogP contribution in [0.2, 0.25) is 0 Å². The van der Waals surface area contributed by atoms with Crippen LogP contribution < -0.4 is 10.7 Å². The smallest absolute Gasteiger partial charge is 0.211 e. The number of amides is 1. The van der Waals surface area contributed by atoms with E-state index in [1.165, 1.54) is 5.56 Å². The topological polar surface area (TPSA) is 59.0 Å². The molecule has 0 spiro atoms. The second-order valence-electron chi connectivity index (χ2n) is 5.37. The van der Waals surface area contributed by atoms with Gasteiger partial charge in [0.05, 0.1) is 17.1 Å². The van der Waals surface area contributed by atoms with E-state index in [-0.39, 0.29) is 0 Å². The number of rotatable bonds is 5. The third-order valence-electron chi connectivity index (χ3n) is 3.58. The Morgan fingerprint density at radius 3 is 2.61 bits per heavy atom. The maximum absolute atomic E-state index is 10.6. The van der Waals surface area contributed by atoms with Crippen molar-refractivity contribution in [2.45, 2.75) is 13.8 Å². The molecule has 23 heavy (non-hydrogen) atoms. The first-order chi connectivity index (χ1) is 11.2. The molecule has 0 unspecified atom stereocenters. The zero-order chi connectivity index (χ0) is 16.2. The molecule has 0 aliphatic carbocycles. The normalized spacial score (nSPS) is 10.3. The number of anilines is 2. The highest BCUT2D eigenvalue weighted by molar-refractivity contribution is 5.75. The molecule has 0 saturated heterocycles. The van der Waals surface area contributed by atoms with Crippen LogP contribution in [0, 0.1) is 13.8 Å². The lowest BCUT2D eigenvalue weighted by atomic mass is 10.1. The summed E-state index contributed by atoms with van der Waals surface area (Å²) in [6.45, 7) is 4.02. The summed E-state index contributed by atoms with van der Waals surface area (Å²) < 4.78 is 1.89. The summed E-state index contributed by atoms with van der Waals surface area (Å²) in [5.41, 5.74) is 9.12. The van der Waals surface area contributed by atoms with Gasteiger partial charge in [-0.25, -0.2) is 9.66 Å². The van der Waals surface area contributed by atoms with Crippen molar-refractivity contribution < 1.29 is 4.79 Å². The molecule has 0 radical (unpaired) electrons. The molecule has 1 amide bonds. The first-order valence-electron chi connectivity index (χ1n) is 7.35. The SMILES string of the molecule is Cc1cccc(Nn2cnc(C)c2-c2cccc(NC=O)c2)c1. The number of benzene rings is 2. The van der Waals surface area contributed by atoms with Crippen LogP contribution in [-0.4, -0.2) is 16.1 Å². The Balaban J connectivity index is 1.98. The van der Waals surface area contributed by atoms with Gasteiger partial charge in [-0.3, -0.25) is 10.2 Å². The number of hydrogen-bond acceptors (Lipinski definition) is 3. The fraction of sp³-hybridized carbons (Fsp3) is 0.111. The van der Waals surface area contributed by atoms with Gasteiger partial charge >= 0.3 is 0 Å². The molecule has 3 rings (SSSR count). The van der Waals surface area contributed by atoms with Gasteiger partial charge in [-0.1, -0.05) is 24.3 Å². The fourth-order valence-electron chi connectivity index (χ4n) is 2.55. The van der Waals surface area contributed by atoms with Crippen molar-refractivity contribution in [3.8, 4) is 11.3 Å². The largest absolute Gasteiger partial charge is 0.329 e. The fourth-order valence-corrected chi connectivity index (χ4v) is 2.55. The van der Waals surface area contributed by atoms with E-state index in [2.05, 4.69) is 34.8 Å². The zero-order valence-corrected chi connectivity index (χ0v) is 13.1. The lowest BCUT2D eigenvalue weighted by Gasteiger charge is -2.13. The van der Waals surface area contributed by atoms with E-state index in [0.717, 1.165) is 28.3 Å². The number of nitrogens with zero attached hydrogens (tertiary/aromatic N) is 2. The first kappa shape index (κ1) is 14.8. The van der Waals surface area contributed by atoms with Gasteiger partial charge in [-0.05, 0) is 43.7 Å². The molecule has 1 heterocycles. The van der Waals surface area contributed by atoms with E-state index in [0.29, 0.717) is 6.41 Å². The summed E-state index contributed by atoms with van der Waals surface area (Å²) in [5, 5.41) is 2.68. The van der Waals surface area contributed by atoms with Crippen molar-refractivity contribution in [2.75, 3.05) is 10.7 Å². The predicted molar refractivity (Wildman–Crippen MR) is 92.3 cm³/mol. The maximum atomic E-state index is 10.6. The summed E-state index contributed by atoms with van der Waals surface area (Å²) in [6.07, 6.45) is 2.43. The standard InChI is InChI=1S/C18H18N4O/c1-13-5-3-8-17(9-13)21-22-11-19-14(2)18(22)15-6-4-7-16(10-15)20-12-23/h3-12,21H,1-2H3,(H,20,23). The van der Waals surface area contributed by atoms with Gasteiger partial charge in [0.1, 0.15) is 6.33 Å². The van der Waals surface area contributed by atoms with E-state index in [1.807, 2.05) is 48.0 Å².